The molecule has 1 unspecified atom stereocenters. The third-order valence-corrected chi connectivity index (χ3v) is 2.83. The number of nitrogens with two attached hydrogens (primary N) is 1. The van der Waals surface area contributed by atoms with Crippen molar-refractivity contribution in [3.63, 3.8) is 0 Å². The third-order valence-electron chi connectivity index (χ3n) is 2.60. The fraction of sp³-hybridized carbons (Fsp3) is 0.385. The van der Waals surface area contributed by atoms with E-state index >= 15 is 0 Å². The number of carbonyl (C=O) groups excluding carboxylic acids is 1. The fourth-order valence-electron chi connectivity index (χ4n) is 1.71. The van der Waals surface area contributed by atoms with Gasteiger partial charge in [0.25, 0.3) is 0 Å². The summed E-state index contributed by atoms with van der Waals surface area (Å²) in [5.41, 5.74) is 6.20. The van der Waals surface area contributed by atoms with Crippen LogP contribution in [0.15, 0.2) is 24.3 Å². The standard InChI is InChI=1S/C13H17ClN2O3/c1-2-4-11(15)13(19)16(8-12(17)18)10-6-3-5-9(14)7-10/h3,5-7,11H,2,4,8,15H2,1H3,(H,17,18). The number of rotatable bonds is 6. The second kappa shape index (κ2) is 7.11. The zero-order valence-electron chi connectivity index (χ0n) is 10.7. The Bertz CT molecular complexity index is 465. The number of aliphatic carboxylic acids is 1. The molecule has 0 saturated heterocycles. The molecule has 0 spiro atoms. The molecule has 0 saturated carbocycles. The average molecular weight is 285 g/mol. The van der Waals surface area contributed by atoms with Crippen molar-refractivity contribution in [2.24, 2.45) is 5.73 Å². The Morgan fingerprint density at radius 2 is 2.16 bits per heavy atom. The molecule has 0 fully saturated rings. The van der Waals surface area contributed by atoms with Crippen LogP contribution in [0.3, 0.4) is 0 Å². The van der Waals surface area contributed by atoms with E-state index < -0.39 is 24.5 Å². The second-order valence-electron chi connectivity index (χ2n) is 4.19. The molecule has 0 heterocycles. The molecular weight excluding hydrogens is 268 g/mol. The third kappa shape index (κ3) is 4.54. The van der Waals surface area contributed by atoms with Crippen LogP contribution in [0.5, 0.6) is 0 Å². The van der Waals surface area contributed by atoms with Crippen LogP contribution < -0.4 is 10.6 Å². The predicted molar refractivity (Wildman–Crippen MR) is 74.3 cm³/mol. The number of anilines is 1. The van der Waals surface area contributed by atoms with Crippen molar-refractivity contribution in [1.82, 2.24) is 0 Å². The maximum atomic E-state index is 12.2. The first-order valence-electron chi connectivity index (χ1n) is 6.00. The van der Waals surface area contributed by atoms with Gasteiger partial charge < -0.3 is 10.8 Å². The molecule has 104 valence electrons. The minimum Gasteiger partial charge on any atom is -0.480 e. The van der Waals surface area contributed by atoms with Gasteiger partial charge in [-0.1, -0.05) is 31.0 Å². The van der Waals surface area contributed by atoms with Gasteiger partial charge in [-0.3, -0.25) is 14.5 Å². The normalized spacial score (nSPS) is 11.9. The molecule has 1 rings (SSSR count). The van der Waals surface area contributed by atoms with Crippen molar-refractivity contribution in [3.8, 4) is 0 Å². The van der Waals surface area contributed by atoms with Crippen LogP contribution in [-0.4, -0.2) is 29.6 Å². The number of halogens is 1. The molecule has 0 aromatic heterocycles. The van der Waals surface area contributed by atoms with Crippen LogP contribution in [0.4, 0.5) is 5.69 Å². The molecular formula is C13H17ClN2O3. The molecule has 19 heavy (non-hydrogen) atoms. The van der Waals surface area contributed by atoms with Gasteiger partial charge in [-0.2, -0.15) is 0 Å². The highest BCUT2D eigenvalue weighted by Gasteiger charge is 2.23. The Hall–Kier alpha value is -1.59. The van der Waals surface area contributed by atoms with E-state index in [1.807, 2.05) is 6.92 Å². The van der Waals surface area contributed by atoms with Crippen LogP contribution in [0.25, 0.3) is 0 Å². The lowest BCUT2D eigenvalue weighted by molar-refractivity contribution is -0.136. The van der Waals surface area contributed by atoms with E-state index in [0.29, 0.717) is 17.1 Å². The number of nitrogens with zero attached hydrogens (tertiary/aromatic N) is 1. The van der Waals surface area contributed by atoms with Crippen molar-refractivity contribution in [2.75, 3.05) is 11.4 Å². The van der Waals surface area contributed by atoms with E-state index in [9.17, 15) is 9.59 Å². The monoisotopic (exact) mass is 284 g/mol. The highest BCUT2D eigenvalue weighted by Crippen LogP contribution is 2.20. The van der Waals surface area contributed by atoms with Gasteiger partial charge in [0.2, 0.25) is 5.91 Å². The number of carbonyl (C=O) groups is 2. The van der Waals surface area contributed by atoms with E-state index in [1.165, 1.54) is 0 Å². The summed E-state index contributed by atoms with van der Waals surface area (Å²) in [4.78, 5) is 24.2. The highest BCUT2D eigenvalue weighted by molar-refractivity contribution is 6.31. The predicted octanol–water partition coefficient (Wildman–Crippen LogP) is 1.89. The van der Waals surface area contributed by atoms with Gasteiger partial charge in [-0.05, 0) is 24.6 Å². The molecule has 1 aromatic carbocycles. The van der Waals surface area contributed by atoms with Crippen molar-refractivity contribution in [3.05, 3.63) is 29.3 Å². The Kier molecular flexibility index (Phi) is 5.79. The average Bonchev–Trinajstić information content (AvgIpc) is 2.35. The largest absolute Gasteiger partial charge is 0.480 e. The molecule has 0 aliphatic heterocycles. The Morgan fingerprint density at radius 1 is 1.47 bits per heavy atom. The van der Waals surface area contributed by atoms with Crippen molar-refractivity contribution >= 4 is 29.2 Å². The number of amides is 1. The lowest BCUT2D eigenvalue weighted by Crippen LogP contribution is -2.46. The minimum absolute atomic E-state index is 0.411. The van der Waals surface area contributed by atoms with Gasteiger partial charge in [-0.25, -0.2) is 0 Å². The quantitative estimate of drug-likeness (QED) is 0.835. The van der Waals surface area contributed by atoms with Crippen LogP contribution in [-0.2, 0) is 9.59 Å². The number of hydrogen-bond acceptors (Lipinski definition) is 3. The van der Waals surface area contributed by atoms with Crippen molar-refractivity contribution in [1.29, 1.82) is 0 Å². The summed E-state index contributed by atoms with van der Waals surface area (Å²) in [6.45, 7) is 1.48. The number of carboxylic acids is 1. The van der Waals surface area contributed by atoms with E-state index in [-0.39, 0.29) is 0 Å². The lowest BCUT2D eigenvalue weighted by Gasteiger charge is -2.24. The van der Waals surface area contributed by atoms with Gasteiger partial charge in [0.15, 0.2) is 0 Å². The van der Waals surface area contributed by atoms with Crippen molar-refractivity contribution in [2.45, 2.75) is 25.8 Å². The topological polar surface area (TPSA) is 83.6 Å². The van der Waals surface area contributed by atoms with E-state index in [0.717, 1.165) is 11.3 Å². The van der Waals surface area contributed by atoms with Gasteiger partial charge >= 0.3 is 5.97 Å². The van der Waals surface area contributed by atoms with Gasteiger partial charge in [0.05, 0.1) is 6.04 Å². The first kappa shape index (κ1) is 15.5. The lowest BCUT2D eigenvalue weighted by atomic mass is 10.1. The molecule has 0 bridgehead atoms. The summed E-state index contributed by atoms with van der Waals surface area (Å²) in [5, 5.41) is 9.34. The number of hydrogen-bond donors (Lipinski definition) is 2. The SMILES string of the molecule is CCCC(N)C(=O)N(CC(=O)O)c1cccc(Cl)c1. The van der Waals surface area contributed by atoms with Gasteiger partial charge in [0.1, 0.15) is 6.54 Å². The smallest absolute Gasteiger partial charge is 0.323 e. The Labute approximate surface area is 117 Å². The molecule has 3 N–H and O–H groups in total. The zero-order chi connectivity index (χ0) is 14.4. The first-order chi connectivity index (χ1) is 8.95. The van der Waals surface area contributed by atoms with Crippen LogP contribution >= 0.6 is 11.6 Å². The summed E-state index contributed by atoms with van der Waals surface area (Å²) < 4.78 is 0. The fourth-order valence-corrected chi connectivity index (χ4v) is 1.89. The molecule has 0 aliphatic carbocycles. The summed E-state index contributed by atoms with van der Waals surface area (Å²) in [5.74, 6) is -1.51. The highest BCUT2D eigenvalue weighted by atomic mass is 35.5. The molecule has 1 aromatic rings. The maximum absolute atomic E-state index is 12.2. The molecule has 1 amide bonds. The first-order valence-corrected chi connectivity index (χ1v) is 6.37. The number of carboxylic acid groups (broad SMARTS) is 1. The summed E-state index contributed by atoms with van der Waals surface area (Å²) in [7, 11) is 0. The van der Waals surface area contributed by atoms with E-state index in [1.54, 1.807) is 24.3 Å². The van der Waals surface area contributed by atoms with Gasteiger partial charge in [-0.15, -0.1) is 0 Å². The summed E-state index contributed by atoms with van der Waals surface area (Å²) >= 11 is 5.85. The number of benzene rings is 1. The van der Waals surface area contributed by atoms with Crippen LogP contribution in [0, 0.1) is 0 Å². The minimum atomic E-state index is -1.10. The Morgan fingerprint density at radius 3 is 2.68 bits per heavy atom. The second-order valence-corrected chi connectivity index (χ2v) is 4.63. The molecule has 1 atom stereocenters. The summed E-state index contributed by atoms with van der Waals surface area (Å²) in [6.07, 6.45) is 1.26. The summed E-state index contributed by atoms with van der Waals surface area (Å²) in [6, 6.07) is 5.78. The van der Waals surface area contributed by atoms with Crippen LogP contribution in [0.2, 0.25) is 5.02 Å². The molecule has 0 radical (unpaired) electrons. The van der Waals surface area contributed by atoms with Crippen molar-refractivity contribution < 1.29 is 14.7 Å². The van der Waals surface area contributed by atoms with Gasteiger partial charge in [0, 0.05) is 10.7 Å². The molecule has 5 nitrogen and oxygen atoms in total. The Balaban J connectivity index is 3.00. The maximum Gasteiger partial charge on any atom is 0.323 e. The zero-order valence-corrected chi connectivity index (χ0v) is 11.4. The molecule has 0 aliphatic rings. The van der Waals surface area contributed by atoms with E-state index in [4.69, 9.17) is 22.4 Å². The molecule has 6 heteroatoms. The van der Waals surface area contributed by atoms with Crippen LogP contribution in [0.1, 0.15) is 19.8 Å². The van der Waals surface area contributed by atoms with E-state index in [2.05, 4.69) is 0 Å².